The van der Waals surface area contributed by atoms with Gasteiger partial charge in [-0.05, 0) is 82.6 Å². The van der Waals surface area contributed by atoms with E-state index < -0.39 is 0 Å². The maximum Gasteiger partial charge on any atom is 0.0543 e. The summed E-state index contributed by atoms with van der Waals surface area (Å²) in [6, 6.07) is 27.8. The van der Waals surface area contributed by atoms with Crippen molar-refractivity contribution >= 4 is 29.1 Å². The van der Waals surface area contributed by atoms with Crippen molar-refractivity contribution < 1.29 is 0 Å². The minimum atomic E-state index is -0.199. The van der Waals surface area contributed by atoms with E-state index in [4.69, 9.17) is 0 Å². The average Bonchev–Trinajstić information content (AvgIpc) is 3.22. The Morgan fingerprint density at radius 1 is 0.738 bits per heavy atom. The van der Waals surface area contributed by atoms with Crippen LogP contribution in [0.15, 0.2) is 135 Å². The molecule has 4 aromatic rings. The SMILES string of the molecule is C=C/C(C(=C)c1ccccc1C)=C(/C=C)N(c1ccccc1)c1cc2c(c(C=C)c1C=C)-c1ccc(C)cc1C2(C)C. The van der Waals surface area contributed by atoms with Gasteiger partial charge in [-0.3, -0.25) is 0 Å². The largest absolute Gasteiger partial charge is 0.309 e. The molecule has 1 nitrogen and oxygen atoms in total. The zero-order valence-corrected chi connectivity index (χ0v) is 25.3. The van der Waals surface area contributed by atoms with Crippen molar-refractivity contribution in [3.8, 4) is 11.1 Å². The van der Waals surface area contributed by atoms with E-state index in [1.165, 1.54) is 27.8 Å². The van der Waals surface area contributed by atoms with Crippen molar-refractivity contribution in [1.29, 1.82) is 0 Å². The molecule has 5 rings (SSSR count). The van der Waals surface area contributed by atoms with E-state index in [-0.39, 0.29) is 5.41 Å². The summed E-state index contributed by atoms with van der Waals surface area (Å²) < 4.78 is 0. The molecule has 0 radical (unpaired) electrons. The van der Waals surface area contributed by atoms with Crippen molar-refractivity contribution in [1.82, 2.24) is 0 Å². The lowest BCUT2D eigenvalue weighted by atomic mass is 9.80. The molecule has 0 bridgehead atoms. The molecule has 42 heavy (non-hydrogen) atoms. The molecular weight excluding hydrogens is 506 g/mol. The predicted molar refractivity (Wildman–Crippen MR) is 185 cm³/mol. The zero-order chi connectivity index (χ0) is 30.2. The Balaban J connectivity index is 1.88. The van der Waals surface area contributed by atoms with Gasteiger partial charge < -0.3 is 4.90 Å². The normalized spacial score (nSPS) is 13.3. The summed E-state index contributed by atoms with van der Waals surface area (Å²) in [6.07, 6.45) is 7.72. The Morgan fingerprint density at radius 3 is 2.02 bits per heavy atom. The first kappa shape index (κ1) is 28.6. The number of benzene rings is 4. The molecule has 1 heteroatoms. The van der Waals surface area contributed by atoms with E-state index in [1.807, 2.05) is 42.5 Å². The molecule has 0 heterocycles. The highest BCUT2D eigenvalue weighted by Gasteiger charge is 2.38. The molecule has 0 aliphatic heterocycles. The number of rotatable bonds is 9. The number of para-hydroxylation sites is 1. The van der Waals surface area contributed by atoms with Gasteiger partial charge in [0.15, 0.2) is 0 Å². The van der Waals surface area contributed by atoms with E-state index in [1.54, 1.807) is 0 Å². The van der Waals surface area contributed by atoms with Gasteiger partial charge in [0.05, 0.1) is 11.4 Å². The second-order valence-corrected chi connectivity index (χ2v) is 11.4. The molecule has 0 amide bonds. The van der Waals surface area contributed by atoms with Crippen LogP contribution in [0.25, 0.3) is 28.9 Å². The number of fused-ring (bicyclic) bond motifs is 3. The lowest BCUT2D eigenvalue weighted by Crippen LogP contribution is -2.21. The van der Waals surface area contributed by atoms with E-state index in [0.717, 1.165) is 50.5 Å². The minimum absolute atomic E-state index is 0.199. The highest BCUT2D eigenvalue weighted by atomic mass is 15.2. The van der Waals surface area contributed by atoms with Crippen LogP contribution in [-0.2, 0) is 5.41 Å². The molecule has 0 unspecified atom stereocenters. The summed E-state index contributed by atoms with van der Waals surface area (Å²) in [4.78, 5) is 2.27. The van der Waals surface area contributed by atoms with Gasteiger partial charge in [0, 0.05) is 22.2 Å². The number of allylic oxidation sites excluding steroid dienone is 4. The third-order valence-electron chi connectivity index (χ3n) is 8.55. The van der Waals surface area contributed by atoms with Gasteiger partial charge in [-0.1, -0.05) is 131 Å². The maximum absolute atomic E-state index is 4.55. The van der Waals surface area contributed by atoms with E-state index >= 15 is 0 Å². The van der Waals surface area contributed by atoms with Gasteiger partial charge in [0.1, 0.15) is 0 Å². The molecule has 0 atom stereocenters. The lowest BCUT2D eigenvalue weighted by molar-refractivity contribution is 0.659. The van der Waals surface area contributed by atoms with Crippen molar-refractivity contribution in [3.05, 3.63) is 174 Å². The monoisotopic (exact) mass is 545 g/mol. The highest BCUT2D eigenvalue weighted by molar-refractivity contribution is 5.96. The fourth-order valence-corrected chi connectivity index (χ4v) is 6.38. The summed E-state index contributed by atoms with van der Waals surface area (Å²) in [5.41, 5.74) is 15.2. The Hall–Kier alpha value is -4.88. The van der Waals surface area contributed by atoms with E-state index in [9.17, 15) is 0 Å². The topological polar surface area (TPSA) is 3.24 Å². The van der Waals surface area contributed by atoms with E-state index in [0.29, 0.717) is 0 Å². The zero-order valence-electron chi connectivity index (χ0n) is 25.3. The van der Waals surface area contributed by atoms with Gasteiger partial charge in [-0.15, -0.1) is 0 Å². The number of aryl methyl sites for hydroxylation is 2. The van der Waals surface area contributed by atoms with Gasteiger partial charge in [-0.25, -0.2) is 0 Å². The van der Waals surface area contributed by atoms with Crippen LogP contribution in [0.3, 0.4) is 0 Å². The van der Waals surface area contributed by atoms with Crippen molar-refractivity contribution in [2.75, 3.05) is 4.90 Å². The summed E-state index contributed by atoms with van der Waals surface area (Å²) in [6.45, 7) is 30.6. The van der Waals surface area contributed by atoms with Crippen LogP contribution >= 0.6 is 0 Å². The third kappa shape index (κ3) is 4.52. The molecule has 0 aromatic heterocycles. The van der Waals surface area contributed by atoms with Crippen LogP contribution in [-0.4, -0.2) is 0 Å². The Kier molecular flexibility index (Phi) is 7.63. The van der Waals surface area contributed by atoms with Crippen LogP contribution in [0, 0.1) is 13.8 Å². The first-order valence-electron chi connectivity index (χ1n) is 14.4. The number of anilines is 2. The first-order chi connectivity index (χ1) is 20.2. The van der Waals surface area contributed by atoms with E-state index in [2.05, 4.69) is 126 Å². The summed E-state index contributed by atoms with van der Waals surface area (Å²) >= 11 is 0. The molecule has 1 aliphatic carbocycles. The standard InChI is InChI=1S/C41H39N/c1-10-31(29(7)34-22-18-17-19-28(34)6)38(13-4)42(30-20-15-14-16-21-30)39-26-37-40(33(12-3)32(39)11-2)35-24-23-27(5)25-36(35)41(37,8)9/h10-26H,1-4,7H2,5-6,8-9H3/b38-31+. The summed E-state index contributed by atoms with van der Waals surface area (Å²) in [5, 5.41) is 0. The molecule has 0 fully saturated rings. The van der Waals surface area contributed by atoms with Crippen LogP contribution in [0.1, 0.15) is 52.8 Å². The second kappa shape index (κ2) is 11.2. The molecule has 0 spiro atoms. The van der Waals surface area contributed by atoms with Gasteiger partial charge >= 0.3 is 0 Å². The van der Waals surface area contributed by atoms with Crippen LogP contribution in [0.4, 0.5) is 11.4 Å². The van der Waals surface area contributed by atoms with Crippen molar-refractivity contribution in [3.63, 3.8) is 0 Å². The van der Waals surface area contributed by atoms with Gasteiger partial charge in [-0.2, -0.15) is 0 Å². The summed E-state index contributed by atoms with van der Waals surface area (Å²) in [7, 11) is 0. The van der Waals surface area contributed by atoms with Gasteiger partial charge in [0.2, 0.25) is 0 Å². The highest BCUT2D eigenvalue weighted by Crippen LogP contribution is 2.54. The minimum Gasteiger partial charge on any atom is -0.309 e. The Labute approximate surface area is 251 Å². The molecule has 0 saturated carbocycles. The van der Waals surface area contributed by atoms with Crippen molar-refractivity contribution in [2.45, 2.75) is 33.1 Å². The predicted octanol–water partition coefficient (Wildman–Crippen LogP) is 11.4. The van der Waals surface area contributed by atoms with Crippen LogP contribution in [0.2, 0.25) is 0 Å². The molecule has 0 saturated heterocycles. The lowest BCUT2D eigenvalue weighted by Gasteiger charge is -2.33. The molecule has 208 valence electrons. The quantitative estimate of drug-likeness (QED) is 0.189. The first-order valence-corrected chi connectivity index (χ1v) is 14.4. The summed E-state index contributed by atoms with van der Waals surface area (Å²) in [5.74, 6) is 0. The smallest absolute Gasteiger partial charge is 0.0543 e. The fourth-order valence-electron chi connectivity index (χ4n) is 6.38. The Bertz CT molecular complexity index is 1790. The molecular formula is C41H39N. The number of hydrogen-bond acceptors (Lipinski definition) is 1. The number of nitrogens with zero attached hydrogens (tertiary/aromatic N) is 1. The van der Waals surface area contributed by atoms with Crippen molar-refractivity contribution in [2.24, 2.45) is 0 Å². The average molecular weight is 546 g/mol. The van der Waals surface area contributed by atoms with Crippen LogP contribution in [0.5, 0.6) is 0 Å². The fraction of sp³-hybridized carbons (Fsp3) is 0.122. The second-order valence-electron chi connectivity index (χ2n) is 11.4. The molecule has 0 N–H and O–H groups in total. The maximum atomic E-state index is 4.55. The third-order valence-corrected chi connectivity index (χ3v) is 8.55. The Morgan fingerprint density at radius 2 is 1.40 bits per heavy atom. The molecule has 4 aromatic carbocycles. The van der Waals surface area contributed by atoms with Crippen LogP contribution < -0.4 is 4.90 Å². The number of hydrogen-bond donors (Lipinski definition) is 0. The molecule has 1 aliphatic rings. The van der Waals surface area contributed by atoms with Gasteiger partial charge in [0.25, 0.3) is 0 Å².